The van der Waals surface area contributed by atoms with E-state index in [0.29, 0.717) is 0 Å². The fourth-order valence-electron chi connectivity index (χ4n) is 4.68. The topological polar surface area (TPSA) is 202 Å². The van der Waals surface area contributed by atoms with Crippen molar-refractivity contribution in [2.45, 2.75) is 18.8 Å². The zero-order valence-corrected chi connectivity index (χ0v) is 23.4. The smallest absolute Gasteiger partial charge is 0.346 e. The number of ether oxygens (including phenoxy) is 2. The third kappa shape index (κ3) is 6.86. The van der Waals surface area contributed by atoms with Crippen LogP contribution in [0.3, 0.4) is 0 Å². The van der Waals surface area contributed by atoms with E-state index in [1.807, 2.05) is 0 Å². The molecule has 0 amide bonds. The average Bonchev–Trinajstić information content (AvgIpc) is 3.00. The number of aromatic carboxylic acids is 2. The van der Waals surface area contributed by atoms with Gasteiger partial charge in [-0.25, -0.2) is 24.0 Å². The number of phenolic OH excluding ortho intramolecular Hbond substituents is 2. The number of carboxylic acid groups (broad SMARTS) is 2. The minimum absolute atomic E-state index is 0.110. The Morgan fingerprint density at radius 3 is 1.58 bits per heavy atom. The first kappa shape index (κ1) is 31.6. The molecule has 0 aliphatic rings. The van der Waals surface area contributed by atoms with Crippen LogP contribution in [0.1, 0.15) is 76.3 Å². The molecule has 4 aromatic carbocycles. The molecule has 0 radical (unpaired) electrons. The molecule has 0 saturated carbocycles. The van der Waals surface area contributed by atoms with Gasteiger partial charge >= 0.3 is 35.8 Å². The van der Waals surface area contributed by atoms with Gasteiger partial charge in [0.25, 0.3) is 0 Å². The first-order chi connectivity index (χ1) is 21.3. The van der Waals surface area contributed by atoms with E-state index in [2.05, 4.69) is 0 Å². The normalized spacial score (nSPS) is 10.9. The SMILES string of the molecule is CC(CC(=O)OC(=O)c1cc(C(=O)OC(=O)c2ccc(C(=O)O)cc2)ccc1C(=O)O)(c1ccccc1O)c1ccccc1O. The van der Waals surface area contributed by atoms with E-state index in [1.54, 1.807) is 24.3 Å². The van der Waals surface area contributed by atoms with Crippen LogP contribution in [-0.4, -0.2) is 56.2 Å². The van der Waals surface area contributed by atoms with E-state index in [-0.39, 0.29) is 33.8 Å². The van der Waals surface area contributed by atoms with Gasteiger partial charge in [0, 0.05) is 16.5 Å². The Bertz CT molecular complexity index is 1790. The van der Waals surface area contributed by atoms with Crippen molar-refractivity contribution >= 4 is 35.8 Å². The number of rotatable bonds is 9. The van der Waals surface area contributed by atoms with Crippen LogP contribution in [0, 0.1) is 0 Å². The van der Waals surface area contributed by atoms with Crippen molar-refractivity contribution in [1.82, 2.24) is 0 Å². The lowest BCUT2D eigenvalue weighted by Gasteiger charge is -2.31. The zero-order valence-electron chi connectivity index (χ0n) is 23.4. The largest absolute Gasteiger partial charge is 0.508 e. The van der Waals surface area contributed by atoms with Crippen LogP contribution in [0.5, 0.6) is 11.5 Å². The van der Waals surface area contributed by atoms with Crippen molar-refractivity contribution in [1.29, 1.82) is 0 Å². The fourth-order valence-corrected chi connectivity index (χ4v) is 4.68. The number of carbonyl (C=O) groups excluding carboxylic acids is 4. The molecule has 0 spiro atoms. The summed E-state index contributed by atoms with van der Waals surface area (Å²) in [5.41, 5.74) is -2.97. The maximum atomic E-state index is 13.2. The van der Waals surface area contributed by atoms with E-state index >= 15 is 0 Å². The lowest BCUT2D eigenvalue weighted by atomic mass is 9.73. The summed E-state index contributed by atoms with van der Waals surface area (Å²) in [7, 11) is 0. The van der Waals surface area contributed by atoms with Crippen LogP contribution >= 0.6 is 0 Å². The summed E-state index contributed by atoms with van der Waals surface area (Å²) in [6.07, 6.45) is -0.590. The van der Waals surface area contributed by atoms with E-state index in [4.69, 9.17) is 14.6 Å². The molecule has 45 heavy (non-hydrogen) atoms. The van der Waals surface area contributed by atoms with Crippen molar-refractivity contribution in [3.05, 3.63) is 130 Å². The number of esters is 4. The number of carbonyl (C=O) groups is 6. The number of carboxylic acids is 2. The van der Waals surface area contributed by atoms with Gasteiger partial charge in [-0.15, -0.1) is 0 Å². The standard InChI is InChI=1S/C33H24O12/c1-33(23-6-2-4-8-25(23)34,24-7-3-5-9-26(24)35)17-27(36)44-32(43)22-16-20(14-15-21(22)29(39)40)31(42)45-30(41)19-12-10-18(11-13-19)28(37)38/h2-16,34-35H,17H2,1H3,(H,37,38)(H,39,40). The molecule has 0 aliphatic carbocycles. The zero-order chi connectivity index (χ0) is 32.9. The molecule has 4 aromatic rings. The van der Waals surface area contributed by atoms with Crippen molar-refractivity contribution < 1.29 is 58.7 Å². The van der Waals surface area contributed by atoms with Crippen LogP contribution in [-0.2, 0) is 19.7 Å². The summed E-state index contributed by atoms with van der Waals surface area (Å²) < 4.78 is 9.78. The second-order valence-electron chi connectivity index (χ2n) is 9.93. The van der Waals surface area contributed by atoms with Gasteiger partial charge in [0.1, 0.15) is 11.5 Å². The van der Waals surface area contributed by atoms with Gasteiger partial charge in [0.05, 0.1) is 34.2 Å². The minimum atomic E-state index is -1.59. The van der Waals surface area contributed by atoms with Crippen LogP contribution in [0.25, 0.3) is 0 Å². The highest BCUT2D eigenvalue weighted by Crippen LogP contribution is 2.43. The highest BCUT2D eigenvalue weighted by Gasteiger charge is 2.37. The number of aromatic hydroxyl groups is 2. The average molecular weight is 613 g/mol. The third-order valence-corrected chi connectivity index (χ3v) is 6.96. The van der Waals surface area contributed by atoms with Crippen LogP contribution in [0.2, 0.25) is 0 Å². The molecule has 0 atom stereocenters. The van der Waals surface area contributed by atoms with Gasteiger partial charge < -0.3 is 29.9 Å². The Balaban J connectivity index is 1.59. The lowest BCUT2D eigenvalue weighted by Crippen LogP contribution is -2.30. The van der Waals surface area contributed by atoms with E-state index < -0.39 is 64.3 Å². The van der Waals surface area contributed by atoms with Gasteiger partial charge in [-0.05, 0) is 54.6 Å². The molecule has 0 unspecified atom stereocenters. The quantitative estimate of drug-likeness (QED) is 0.152. The maximum absolute atomic E-state index is 13.2. The van der Waals surface area contributed by atoms with Gasteiger partial charge in [-0.3, -0.25) is 4.79 Å². The molecule has 0 bridgehead atoms. The molecule has 0 fully saturated rings. The van der Waals surface area contributed by atoms with Crippen molar-refractivity contribution in [2.75, 3.05) is 0 Å². The molecule has 0 heterocycles. The second kappa shape index (κ2) is 12.9. The lowest BCUT2D eigenvalue weighted by molar-refractivity contribution is -0.139. The van der Waals surface area contributed by atoms with Crippen LogP contribution < -0.4 is 0 Å². The number of para-hydroxylation sites is 2. The Hall–Kier alpha value is -6.30. The molecule has 0 aromatic heterocycles. The first-order valence-corrected chi connectivity index (χ1v) is 13.1. The Morgan fingerprint density at radius 2 is 1.07 bits per heavy atom. The van der Waals surface area contributed by atoms with Crippen LogP contribution in [0.15, 0.2) is 91.0 Å². The molecule has 228 valence electrons. The molecule has 4 N–H and O–H groups in total. The number of benzene rings is 4. The van der Waals surface area contributed by atoms with E-state index in [0.717, 1.165) is 42.5 Å². The Kier molecular flexibility index (Phi) is 9.08. The minimum Gasteiger partial charge on any atom is -0.508 e. The summed E-state index contributed by atoms with van der Waals surface area (Å²) in [5.74, 6) is -8.22. The fraction of sp³-hybridized carbons (Fsp3) is 0.0909. The monoisotopic (exact) mass is 612 g/mol. The van der Waals surface area contributed by atoms with Crippen molar-refractivity contribution in [2.24, 2.45) is 0 Å². The summed E-state index contributed by atoms with van der Waals surface area (Å²) >= 11 is 0. The third-order valence-electron chi connectivity index (χ3n) is 6.96. The van der Waals surface area contributed by atoms with Crippen molar-refractivity contribution in [3.8, 4) is 11.5 Å². The Labute approximate surface area is 254 Å². The molecule has 4 rings (SSSR count). The van der Waals surface area contributed by atoms with Gasteiger partial charge in [0.15, 0.2) is 0 Å². The molecule has 0 aliphatic heterocycles. The molecule has 12 nitrogen and oxygen atoms in total. The van der Waals surface area contributed by atoms with Crippen molar-refractivity contribution in [3.63, 3.8) is 0 Å². The highest BCUT2D eigenvalue weighted by atomic mass is 16.6. The Morgan fingerprint density at radius 1 is 0.578 bits per heavy atom. The molecular weight excluding hydrogens is 588 g/mol. The van der Waals surface area contributed by atoms with Crippen LogP contribution in [0.4, 0.5) is 0 Å². The van der Waals surface area contributed by atoms with Gasteiger partial charge in [-0.2, -0.15) is 0 Å². The summed E-state index contributed by atoms with van der Waals surface area (Å²) in [6, 6.07) is 19.3. The summed E-state index contributed by atoms with van der Waals surface area (Å²) in [4.78, 5) is 74.2. The molecule has 0 saturated heterocycles. The highest BCUT2D eigenvalue weighted by molar-refractivity contribution is 6.08. The number of phenols is 2. The second-order valence-corrected chi connectivity index (χ2v) is 9.93. The maximum Gasteiger partial charge on any atom is 0.346 e. The van der Waals surface area contributed by atoms with Gasteiger partial charge in [-0.1, -0.05) is 43.3 Å². The summed E-state index contributed by atoms with van der Waals surface area (Å²) in [6.45, 7) is 1.54. The molecular formula is C33H24O12. The van der Waals surface area contributed by atoms with E-state index in [9.17, 15) is 44.1 Å². The molecule has 12 heteroatoms. The number of hydrogen-bond acceptors (Lipinski definition) is 10. The predicted octanol–water partition coefficient (Wildman–Crippen LogP) is 4.57. The predicted molar refractivity (Wildman–Crippen MR) is 154 cm³/mol. The van der Waals surface area contributed by atoms with E-state index in [1.165, 1.54) is 31.2 Å². The van der Waals surface area contributed by atoms with Gasteiger partial charge in [0.2, 0.25) is 0 Å². The first-order valence-electron chi connectivity index (χ1n) is 13.1. The number of hydrogen-bond donors (Lipinski definition) is 4. The summed E-state index contributed by atoms with van der Waals surface area (Å²) in [5, 5.41) is 39.7.